The molecule has 2 rings (SSSR count). The van der Waals surface area contributed by atoms with Crippen molar-refractivity contribution in [2.75, 3.05) is 0 Å². The number of nitrogens with two attached hydrogens (primary N) is 1. The van der Waals surface area contributed by atoms with E-state index in [1.54, 1.807) is 0 Å². The molecule has 0 aliphatic heterocycles. The van der Waals surface area contributed by atoms with E-state index in [4.69, 9.17) is 5.73 Å². The molecule has 1 aromatic carbocycles. The van der Waals surface area contributed by atoms with Gasteiger partial charge in [0.1, 0.15) is 5.75 Å². The quantitative estimate of drug-likeness (QED) is 0.800. The van der Waals surface area contributed by atoms with Crippen LogP contribution >= 0.6 is 12.4 Å². The van der Waals surface area contributed by atoms with Crippen molar-refractivity contribution in [1.29, 1.82) is 0 Å². The number of aromatic hydroxyl groups is 1. The van der Waals surface area contributed by atoms with E-state index in [2.05, 4.69) is 0 Å². The van der Waals surface area contributed by atoms with Crippen molar-refractivity contribution in [1.82, 2.24) is 0 Å². The van der Waals surface area contributed by atoms with Crippen molar-refractivity contribution < 1.29 is 10.2 Å². The smallest absolute Gasteiger partial charge is 0.121 e. The number of rotatable bonds is 3. The van der Waals surface area contributed by atoms with Crippen molar-refractivity contribution >= 4 is 12.4 Å². The second-order valence-corrected chi connectivity index (χ2v) is 5.56. The topological polar surface area (TPSA) is 66.5 Å². The molecule has 1 aliphatic carbocycles. The van der Waals surface area contributed by atoms with Gasteiger partial charge < -0.3 is 15.9 Å². The highest BCUT2D eigenvalue weighted by atomic mass is 35.5. The Hall–Kier alpha value is -0.770. The zero-order chi connectivity index (χ0) is 13.3. The standard InChI is InChI=1S/C15H23NO2.ClH/c1-9-7-12(8-10(2)14(9)17)13(16)15(18)11-5-3-4-6-11;/h7-8,11,13,15,17-18H,3-6,16H2,1-2H3;1H/t13-,15+;/m0./s1. The first kappa shape index (κ1) is 16.3. The maximum absolute atomic E-state index is 10.3. The van der Waals surface area contributed by atoms with Crippen LogP contribution in [0.4, 0.5) is 0 Å². The third-order valence-corrected chi connectivity index (χ3v) is 4.15. The highest BCUT2D eigenvalue weighted by molar-refractivity contribution is 5.85. The van der Waals surface area contributed by atoms with Gasteiger partial charge in [-0.05, 0) is 49.3 Å². The second kappa shape index (κ2) is 6.60. The molecule has 0 spiro atoms. The number of benzene rings is 1. The van der Waals surface area contributed by atoms with Crippen LogP contribution in [0.2, 0.25) is 0 Å². The first-order chi connectivity index (χ1) is 8.50. The summed E-state index contributed by atoms with van der Waals surface area (Å²) in [6, 6.07) is 3.40. The summed E-state index contributed by atoms with van der Waals surface area (Å²) in [5, 5.41) is 20.1. The molecule has 3 nitrogen and oxygen atoms in total. The third-order valence-electron chi connectivity index (χ3n) is 4.15. The summed E-state index contributed by atoms with van der Waals surface area (Å²) in [7, 11) is 0. The first-order valence-electron chi connectivity index (χ1n) is 6.74. The van der Waals surface area contributed by atoms with Crippen molar-refractivity contribution in [3.8, 4) is 5.75 Å². The van der Waals surface area contributed by atoms with Crippen molar-refractivity contribution in [3.05, 3.63) is 28.8 Å². The van der Waals surface area contributed by atoms with E-state index in [1.165, 1.54) is 12.8 Å². The van der Waals surface area contributed by atoms with E-state index in [1.807, 2.05) is 26.0 Å². The Bertz CT molecular complexity index is 407. The van der Waals surface area contributed by atoms with Crippen molar-refractivity contribution in [2.45, 2.75) is 51.7 Å². The van der Waals surface area contributed by atoms with Crippen LogP contribution in [0.25, 0.3) is 0 Å². The Morgan fingerprint density at radius 2 is 1.63 bits per heavy atom. The summed E-state index contributed by atoms with van der Waals surface area (Å²) in [5.41, 5.74) is 8.73. The van der Waals surface area contributed by atoms with Crippen molar-refractivity contribution in [2.24, 2.45) is 11.7 Å². The fraction of sp³-hybridized carbons (Fsp3) is 0.600. The summed E-state index contributed by atoms with van der Waals surface area (Å²) >= 11 is 0. The molecule has 0 saturated heterocycles. The van der Waals surface area contributed by atoms with Gasteiger partial charge in [-0.25, -0.2) is 0 Å². The number of aliphatic hydroxyl groups is 1. The van der Waals surface area contributed by atoms with Gasteiger partial charge in [-0.3, -0.25) is 0 Å². The molecule has 0 amide bonds. The van der Waals surface area contributed by atoms with Gasteiger partial charge in [-0.1, -0.05) is 25.0 Å². The normalized spacial score (nSPS) is 18.9. The molecule has 0 bridgehead atoms. The van der Waals surface area contributed by atoms with Gasteiger partial charge in [0.25, 0.3) is 0 Å². The van der Waals surface area contributed by atoms with Crippen LogP contribution in [0, 0.1) is 19.8 Å². The lowest BCUT2D eigenvalue weighted by atomic mass is 9.89. The van der Waals surface area contributed by atoms with E-state index in [0.717, 1.165) is 29.5 Å². The molecule has 1 aliphatic rings. The molecule has 0 aromatic heterocycles. The largest absolute Gasteiger partial charge is 0.507 e. The molecule has 1 aromatic rings. The predicted molar refractivity (Wildman–Crippen MR) is 79.7 cm³/mol. The SMILES string of the molecule is Cc1cc([C@H](N)[C@H](O)C2CCCC2)cc(C)c1O.Cl. The third kappa shape index (κ3) is 3.41. The van der Waals surface area contributed by atoms with Gasteiger partial charge in [0.05, 0.1) is 12.1 Å². The summed E-state index contributed by atoms with van der Waals surface area (Å²) in [5.74, 6) is 0.649. The van der Waals surface area contributed by atoms with Crippen LogP contribution in [0.3, 0.4) is 0 Å². The van der Waals surface area contributed by atoms with E-state index in [0.29, 0.717) is 11.7 Å². The number of aryl methyl sites for hydroxylation is 2. The lowest BCUT2D eigenvalue weighted by molar-refractivity contribution is 0.0844. The van der Waals surface area contributed by atoms with Gasteiger partial charge in [-0.15, -0.1) is 12.4 Å². The fourth-order valence-corrected chi connectivity index (χ4v) is 2.97. The summed E-state index contributed by atoms with van der Waals surface area (Å²) in [6.45, 7) is 3.72. The molecule has 2 atom stereocenters. The molecular formula is C15H24ClNO2. The zero-order valence-electron chi connectivity index (χ0n) is 11.6. The molecule has 0 radical (unpaired) electrons. The zero-order valence-corrected chi connectivity index (χ0v) is 12.4. The molecule has 0 unspecified atom stereocenters. The van der Waals surface area contributed by atoms with Crippen LogP contribution in [0.5, 0.6) is 5.75 Å². The maximum Gasteiger partial charge on any atom is 0.121 e. The summed E-state index contributed by atoms with van der Waals surface area (Å²) < 4.78 is 0. The molecule has 4 N–H and O–H groups in total. The molecule has 0 heterocycles. The molecule has 1 fully saturated rings. The van der Waals surface area contributed by atoms with Crippen LogP contribution in [0.1, 0.15) is 48.4 Å². The lowest BCUT2D eigenvalue weighted by Crippen LogP contribution is -2.32. The second-order valence-electron chi connectivity index (χ2n) is 5.56. The van der Waals surface area contributed by atoms with Gasteiger partial charge in [-0.2, -0.15) is 0 Å². The lowest BCUT2D eigenvalue weighted by Gasteiger charge is -2.25. The molecule has 108 valence electrons. The van der Waals surface area contributed by atoms with E-state index >= 15 is 0 Å². The molecule has 1 saturated carbocycles. The van der Waals surface area contributed by atoms with Gasteiger partial charge in [0, 0.05) is 0 Å². The predicted octanol–water partition coefficient (Wildman–Crippen LogP) is 2.98. The fourth-order valence-electron chi connectivity index (χ4n) is 2.97. The molecule has 4 heteroatoms. The average molecular weight is 286 g/mol. The van der Waals surface area contributed by atoms with Crippen LogP contribution < -0.4 is 5.73 Å². The number of hydrogen-bond donors (Lipinski definition) is 3. The number of hydrogen-bond acceptors (Lipinski definition) is 3. The van der Waals surface area contributed by atoms with Gasteiger partial charge in [0.15, 0.2) is 0 Å². The Balaban J connectivity index is 0.00000180. The summed E-state index contributed by atoms with van der Waals surface area (Å²) in [6.07, 6.45) is 4.07. The number of phenolic OH excluding ortho intramolecular Hbond substituents is 1. The van der Waals surface area contributed by atoms with E-state index in [9.17, 15) is 10.2 Å². The maximum atomic E-state index is 10.3. The minimum absolute atomic E-state index is 0. The van der Waals surface area contributed by atoms with Gasteiger partial charge in [0.2, 0.25) is 0 Å². The minimum atomic E-state index is -0.476. The Kier molecular flexibility index (Phi) is 5.65. The average Bonchev–Trinajstić information content (AvgIpc) is 2.87. The van der Waals surface area contributed by atoms with Gasteiger partial charge >= 0.3 is 0 Å². The number of phenols is 1. The Morgan fingerprint density at radius 3 is 2.11 bits per heavy atom. The van der Waals surface area contributed by atoms with Crippen molar-refractivity contribution in [3.63, 3.8) is 0 Å². The number of halogens is 1. The van der Waals surface area contributed by atoms with E-state index in [-0.39, 0.29) is 18.4 Å². The highest BCUT2D eigenvalue weighted by Gasteiger charge is 2.29. The first-order valence-corrected chi connectivity index (χ1v) is 6.74. The number of aliphatic hydroxyl groups excluding tert-OH is 1. The van der Waals surface area contributed by atoms with Crippen LogP contribution in [0.15, 0.2) is 12.1 Å². The highest BCUT2D eigenvalue weighted by Crippen LogP contribution is 2.34. The monoisotopic (exact) mass is 285 g/mol. The Morgan fingerprint density at radius 1 is 1.16 bits per heavy atom. The summed E-state index contributed by atoms with van der Waals surface area (Å²) in [4.78, 5) is 0. The Labute approximate surface area is 121 Å². The van der Waals surface area contributed by atoms with Crippen LogP contribution in [-0.4, -0.2) is 16.3 Å². The molecule has 19 heavy (non-hydrogen) atoms. The van der Waals surface area contributed by atoms with Crippen LogP contribution in [-0.2, 0) is 0 Å². The minimum Gasteiger partial charge on any atom is -0.507 e. The molecular weight excluding hydrogens is 262 g/mol. The van der Waals surface area contributed by atoms with E-state index < -0.39 is 6.10 Å².